The van der Waals surface area contributed by atoms with Crippen molar-refractivity contribution in [1.82, 2.24) is 4.90 Å². The average molecular weight is 289 g/mol. The summed E-state index contributed by atoms with van der Waals surface area (Å²) in [5.41, 5.74) is 7.78. The second-order valence-corrected chi connectivity index (χ2v) is 6.80. The highest BCUT2D eigenvalue weighted by atomic mass is 16.2. The maximum absolute atomic E-state index is 12.4. The Morgan fingerprint density at radius 3 is 2.62 bits per heavy atom. The van der Waals surface area contributed by atoms with Gasteiger partial charge < -0.3 is 11.1 Å². The SMILES string of the molecule is CC(C(=O)Nc1ccc(CN)cc1)N1CCCC(C)(C)C1. The number of nitrogens with two attached hydrogens (primary N) is 1. The molecule has 0 bridgehead atoms. The molecule has 2 rings (SSSR count). The molecule has 1 heterocycles. The lowest BCUT2D eigenvalue weighted by atomic mass is 9.83. The number of likely N-dealkylation sites (tertiary alicyclic amines) is 1. The lowest BCUT2D eigenvalue weighted by Crippen LogP contribution is -2.49. The summed E-state index contributed by atoms with van der Waals surface area (Å²) in [7, 11) is 0. The first-order chi connectivity index (χ1) is 9.91. The van der Waals surface area contributed by atoms with E-state index in [0.29, 0.717) is 12.0 Å². The van der Waals surface area contributed by atoms with Crippen molar-refractivity contribution in [3.05, 3.63) is 29.8 Å². The summed E-state index contributed by atoms with van der Waals surface area (Å²) in [4.78, 5) is 14.7. The maximum Gasteiger partial charge on any atom is 0.241 e. The Balaban J connectivity index is 1.95. The van der Waals surface area contributed by atoms with Gasteiger partial charge in [0.25, 0.3) is 0 Å². The molecule has 4 heteroatoms. The van der Waals surface area contributed by atoms with Gasteiger partial charge in [-0.3, -0.25) is 9.69 Å². The predicted octanol–water partition coefficient (Wildman–Crippen LogP) is 2.59. The first kappa shape index (κ1) is 16.0. The zero-order valence-corrected chi connectivity index (χ0v) is 13.4. The minimum atomic E-state index is -0.0984. The molecule has 1 aliphatic rings. The van der Waals surface area contributed by atoms with E-state index in [1.165, 1.54) is 6.42 Å². The number of hydrogen-bond donors (Lipinski definition) is 2. The van der Waals surface area contributed by atoms with E-state index < -0.39 is 0 Å². The molecule has 1 fully saturated rings. The van der Waals surface area contributed by atoms with Gasteiger partial charge >= 0.3 is 0 Å². The molecule has 116 valence electrons. The smallest absolute Gasteiger partial charge is 0.241 e. The van der Waals surface area contributed by atoms with E-state index in [4.69, 9.17) is 5.73 Å². The van der Waals surface area contributed by atoms with Gasteiger partial charge in [-0.25, -0.2) is 0 Å². The van der Waals surface area contributed by atoms with E-state index in [2.05, 4.69) is 24.1 Å². The first-order valence-corrected chi connectivity index (χ1v) is 7.75. The molecule has 1 unspecified atom stereocenters. The molecule has 0 aliphatic carbocycles. The Labute approximate surface area is 127 Å². The highest BCUT2D eigenvalue weighted by Gasteiger charge is 2.31. The summed E-state index contributed by atoms with van der Waals surface area (Å²) in [6.45, 7) is 9.04. The third-order valence-electron chi connectivity index (χ3n) is 4.31. The Kier molecular flexibility index (Phi) is 5.01. The van der Waals surface area contributed by atoms with Crippen LogP contribution in [0.4, 0.5) is 5.69 Å². The Morgan fingerprint density at radius 1 is 1.38 bits per heavy atom. The summed E-state index contributed by atoms with van der Waals surface area (Å²) in [5.74, 6) is 0.0631. The number of hydrogen-bond acceptors (Lipinski definition) is 3. The van der Waals surface area contributed by atoms with Gasteiger partial charge in [0.1, 0.15) is 0 Å². The second-order valence-electron chi connectivity index (χ2n) is 6.80. The molecule has 4 nitrogen and oxygen atoms in total. The van der Waals surface area contributed by atoms with Crippen molar-refractivity contribution >= 4 is 11.6 Å². The van der Waals surface area contributed by atoms with E-state index in [-0.39, 0.29) is 11.9 Å². The third kappa shape index (κ3) is 4.29. The minimum absolute atomic E-state index is 0.0631. The van der Waals surface area contributed by atoms with Crippen molar-refractivity contribution in [3.8, 4) is 0 Å². The molecule has 0 spiro atoms. The number of amides is 1. The number of carbonyl (C=O) groups excluding carboxylic acids is 1. The molecule has 0 radical (unpaired) electrons. The van der Waals surface area contributed by atoms with Crippen molar-refractivity contribution in [1.29, 1.82) is 0 Å². The van der Waals surface area contributed by atoms with Gasteiger partial charge in [-0.1, -0.05) is 26.0 Å². The first-order valence-electron chi connectivity index (χ1n) is 7.75. The van der Waals surface area contributed by atoms with Crippen molar-refractivity contribution in [2.24, 2.45) is 11.1 Å². The lowest BCUT2D eigenvalue weighted by Gasteiger charge is -2.40. The molecule has 21 heavy (non-hydrogen) atoms. The topological polar surface area (TPSA) is 58.4 Å². The fraction of sp³-hybridized carbons (Fsp3) is 0.588. The Bertz CT molecular complexity index is 481. The van der Waals surface area contributed by atoms with Crippen LogP contribution < -0.4 is 11.1 Å². The Morgan fingerprint density at radius 2 is 2.05 bits per heavy atom. The van der Waals surface area contributed by atoms with Crippen molar-refractivity contribution in [2.45, 2.75) is 46.2 Å². The highest BCUT2D eigenvalue weighted by molar-refractivity contribution is 5.94. The summed E-state index contributed by atoms with van der Waals surface area (Å²) in [5, 5.41) is 3.00. The predicted molar refractivity (Wildman–Crippen MR) is 87.0 cm³/mol. The lowest BCUT2D eigenvalue weighted by molar-refractivity contribution is -0.121. The number of piperidine rings is 1. The third-order valence-corrected chi connectivity index (χ3v) is 4.31. The van der Waals surface area contributed by atoms with E-state index in [0.717, 1.165) is 30.8 Å². The molecular formula is C17H27N3O. The fourth-order valence-electron chi connectivity index (χ4n) is 2.94. The monoisotopic (exact) mass is 289 g/mol. The molecule has 1 amide bonds. The van der Waals surface area contributed by atoms with E-state index >= 15 is 0 Å². The summed E-state index contributed by atoms with van der Waals surface area (Å²) in [6, 6.07) is 7.62. The van der Waals surface area contributed by atoms with Crippen LogP contribution in [0, 0.1) is 5.41 Å². The van der Waals surface area contributed by atoms with Crippen LogP contribution in [0.2, 0.25) is 0 Å². The number of nitrogens with zero attached hydrogens (tertiary/aromatic N) is 1. The van der Waals surface area contributed by atoms with Crippen molar-refractivity contribution in [3.63, 3.8) is 0 Å². The van der Waals surface area contributed by atoms with E-state index in [9.17, 15) is 4.79 Å². The highest BCUT2D eigenvalue weighted by Crippen LogP contribution is 2.29. The zero-order chi connectivity index (χ0) is 15.5. The summed E-state index contributed by atoms with van der Waals surface area (Å²) >= 11 is 0. The van der Waals surface area contributed by atoms with Crippen LogP contribution in [0.25, 0.3) is 0 Å². The van der Waals surface area contributed by atoms with Crippen LogP contribution in [-0.4, -0.2) is 29.9 Å². The minimum Gasteiger partial charge on any atom is -0.326 e. The number of nitrogens with one attached hydrogen (secondary N) is 1. The summed E-state index contributed by atoms with van der Waals surface area (Å²) in [6.07, 6.45) is 2.40. The van der Waals surface area contributed by atoms with Crippen molar-refractivity contribution < 1.29 is 4.79 Å². The quantitative estimate of drug-likeness (QED) is 0.895. The van der Waals surface area contributed by atoms with Gasteiger partial charge in [0.15, 0.2) is 0 Å². The van der Waals surface area contributed by atoms with Gasteiger partial charge in [-0.2, -0.15) is 0 Å². The number of anilines is 1. The van der Waals surface area contributed by atoms with Gasteiger partial charge in [-0.05, 0) is 49.4 Å². The second kappa shape index (κ2) is 6.58. The molecule has 1 saturated heterocycles. The molecule has 0 aromatic heterocycles. The molecule has 1 aromatic carbocycles. The van der Waals surface area contributed by atoms with Crippen LogP contribution >= 0.6 is 0 Å². The number of carbonyl (C=O) groups is 1. The van der Waals surface area contributed by atoms with Crippen LogP contribution in [0.15, 0.2) is 24.3 Å². The molecule has 1 atom stereocenters. The van der Waals surface area contributed by atoms with Gasteiger partial charge in [0.2, 0.25) is 5.91 Å². The average Bonchev–Trinajstić information content (AvgIpc) is 2.46. The molecule has 1 aromatic rings. The normalized spacial score (nSPS) is 20.0. The van der Waals surface area contributed by atoms with Crippen molar-refractivity contribution in [2.75, 3.05) is 18.4 Å². The largest absolute Gasteiger partial charge is 0.326 e. The molecule has 1 aliphatic heterocycles. The summed E-state index contributed by atoms with van der Waals surface area (Å²) < 4.78 is 0. The molecule has 0 saturated carbocycles. The zero-order valence-electron chi connectivity index (χ0n) is 13.4. The van der Waals surface area contributed by atoms with Gasteiger partial charge in [0.05, 0.1) is 6.04 Å². The van der Waals surface area contributed by atoms with Crippen LogP contribution in [0.5, 0.6) is 0 Å². The number of benzene rings is 1. The number of rotatable bonds is 4. The molecular weight excluding hydrogens is 262 g/mol. The van der Waals surface area contributed by atoms with Gasteiger partial charge in [0, 0.05) is 18.8 Å². The Hall–Kier alpha value is -1.39. The standard InChI is InChI=1S/C17H27N3O/c1-13(20-10-4-9-17(2,3)12-20)16(21)19-15-7-5-14(11-18)6-8-15/h5-8,13H,4,9-12,18H2,1-3H3,(H,19,21). The van der Waals surface area contributed by atoms with Gasteiger partial charge in [-0.15, -0.1) is 0 Å². The van der Waals surface area contributed by atoms with E-state index in [1.54, 1.807) is 0 Å². The van der Waals surface area contributed by atoms with Crippen LogP contribution in [-0.2, 0) is 11.3 Å². The molecule has 3 N–H and O–H groups in total. The fourth-order valence-corrected chi connectivity index (χ4v) is 2.94. The van der Waals surface area contributed by atoms with E-state index in [1.807, 2.05) is 31.2 Å². The maximum atomic E-state index is 12.4. The van der Waals surface area contributed by atoms with Crippen LogP contribution in [0.1, 0.15) is 39.2 Å². The van der Waals surface area contributed by atoms with Crippen LogP contribution in [0.3, 0.4) is 0 Å².